The molecule has 1 saturated carbocycles. The Morgan fingerprint density at radius 1 is 1.62 bits per heavy atom. The Hall–Kier alpha value is -1.36. The highest BCUT2D eigenvalue weighted by Gasteiger charge is 2.52. The second-order valence-electron chi connectivity index (χ2n) is 4.03. The first-order valence-corrected chi connectivity index (χ1v) is 5.66. The first-order valence-electron chi connectivity index (χ1n) is 5.26. The van der Waals surface area contributed by atoms with Crippen molar-refractivity contribution in [2.75, 3.05) is 6.54 Å². The van der Waals surface area contributed by atoms with Crippen molar-refractivity contribution in [2.24, 2.45) is 11.1 Å². The number of carbonyl (C=O) groups excluding carboxylic acids is 1. The summed E-state index contributed by atoms with van der Waals surface area (Å²) >= 11 is 4.90. The maximum Gasteiger partial charge on any atom is 0.233 e. The predicted octanol–water partition coefficient (Wildman–Crippen LogP) is 1.00. The van der Waals surface area contributed by atoms with E-state index in [1.54, 1.807) is 6.26 Å². The molecule has 0 spiro atoms. The molecule has 4 nitrogen and oxygen atoms in total. The lowest BCUT2D eigenvalue weighted by Gasteiger charge is -2.12. The number of furan rings is 1. The lowest BCUT2D eigenvalue weighted by Crippen LogP contribution is -2.40. The van der Waals surface area contributed by atoms with Crippen LogP contribution in [0.3, 0.4) is 0 Å². The molecule has 1 aliphatic rings. The molecule has 1 fully saturated rings. The van der Waals surface area contributed by atoms with Gasteiger partial charge in [0.25, 0.3) is 0 Å². The fourth-order valence-electron chi connectivity index (χ4n) is 1.63. The molecule has 86 valence electrons. The minimum absolute atomic E-state index is 0.0495. The van der Waals surface area contributed by atoms with Gasteiger partial charge in [-0.1, -0.05) is 12.2 Å². The lowest BCUT2D eigenvalue weighted by atomic mass is 10.1. The molecule has 1 aromatic heterocycles. The first kappa shape index (κ1) is 11.1. The zero-order valence-electron chi connectivity index (χ0n) is 8.86. The Morgan fingerprint density at radius 3 is 2.88 bits per heavy atom. The van der Waals surface area contributed by atoms with E-state index in [-0.39, 0.29) is 5.91 Å². The fraction of sp³-hybridized carbons (Fsp3) is 0.455. The van der Waals surface area contributed by atoms with E-state index in [0.717, 1.165) is 18.6 Å². The monoisotopic (exact) mass is 238 g/mol. The molecule has 0 aliphatic heterocycles. The number of hydrogen-bond donors (Lipinski definition) is 2. The van der Waals surface area contributed by atoms with Crippen molar-refractivity contribution in [3.63, 3.8) is 0 Å². The minimum atomic E-state index is -0.557. The van der Waals surface area contributed by atoms with Crippen molar-refractivity contribution in [1.29, 1.82) is 0 Å². The molecule has 1 aliphatic carbocycles. The van der Waals surface area contributed by atoms with Crippen molar-refractivity contribution in [2.45, 2.75) is 19.3 Å². The predicted molar refractivity (Wildman–Crippen MR) is 63.9 cm³/mol. The summed E-state index contributed by atoms with van der Waals surface area (Å²) in [4.78, 5) is 12.1. The molecule has 0 radical (unpaired) electrons. The molecule has 3 N–H and O–H groups in total. The van der Waals surface area contributed by atoms with Crippen molar-refractivity contribution in [3.05, 3.63) is 24.2 Å². The van der Waals surface area contributed by atoms with Crippen LogP contribution in [0.5, 0.6) is 0 Å². The van der Waals surface area contributed by atoms with Gasteiger partial charge in [0, 0.05) is 13.0 Å². The van der Waals surface area contributed by atoms with Gasteiger partial charge in [-0.3, -0.25) is 4.79 Å². The van der Waals surface area contributed by atoms with E-state index in [4.69, 9.17) is 22.4 Å². The van der Waals surface area contributed by atoms with Gasteiger partial charge in [-0.15, -0.1) is 0 Å². The van der Waals surface area contributed by atoms with Gasteiger partial charge in [0.1, 0.15) is 5.76 Å². The van der Waals surface area contributed by atoms with Crippen LogP contribution >= 0.6 is 12.2 Å². The van der Waals surface area contributed by atoms with Gasteiger partial charge in [0.15, 0.2) is 0 Å². The van der Waals surface area contributed by atoms with E-state index < -0.39 is 5.41 Å². The van der Waals surface area contributed by atoms with Gasteiger partial charge < -0.3 is 15.5 Å². The van der Waals surface area contributed by atoms with Crippen LogP contribution in [0.25, 0.3) is 0 Å². The number of rotatable bonds is 5. The van der Waals surface area contributed by atoms with Gasteiger partial charge in [0.2, 0.25) is 5.91 Å². The largest absolute Gasteiger partial charge is 0.469 e. The molecule has 0 atom stereocenters. The van der Waals surface area contributed by atoms with Crippen molar-refractivity contribution < 1.29 is 9.21 Å². The first-order chi connectivity index (χ1) is 7.65. The van der Waals surface area contributed by atoms with E-state index >= 15 is 0 Å². The highest BCUT2D eigenvalue weighted by molar-refractivity contribution is 7.80. The highest BCUT2D eigenvalue weighted by atomic mass is 32.1. The van der Waals surface area contributed by atoms with Crippen LogP contribution in [0.15, 0.2) is 22.8 Å². The molecule has 5 heteroatoms. The summed E-state index contributed by atoms with van der Waals surface area (Å²) in [5.41, 5.74) is 5.00. The number of thiocarbonyl (C=S) groups is 1. The molecule has 2 rings (SSSR count). The Morgan fingerprint density at radius 2 is 2.38 bits per heavy atom. The molecule has 1 aromatic rings. The van der Waals surface area contributed by atoms with Gasteiger partial charge in [-0.2, -0.15) is 0 Å². The second kappa shape index (κ2) is 4.25. The Bertz CT molecular complexity index is 396. The third kappa shape index (κ3) is 2.09. The zero-order chi connectivity index (χ0) is 11.6. The van der Waals surface area contributed by atoms with E-state index in [9.17, 15) is 4.79 Å². The average molecular weight is 238 g/mol. The Balaban J connectivity index is 1.79. The molecule has 1 heterocycles. The third-order valence-corrected chi connectivity index (χ3v) is 3.28. The number of nitrogens with one attached hydrogen (secondary N) is 1. The lowest BCUT2D eigenvalue weighted by molar-refractivity contribution is -0.123. The molecule has 16 heavy (non-hydrogen) atoms. The molecular formula is C11H14N2O2S. The molecule has 0 bridgehead atoms. The van der Waals surface area contributed by atoms with Crippen molar-refractivity contribution in [3.8, 4) is 0 Å². The number of hydrogen-bond acceptors (Lipinski definition) is 3. The van der Waals surface area contributed by atoms with Gasteiger partial charge in [-0.25, -0.2) is 0 Å². The summed E-state index contributed by atoms with van der Waals surface area (Å²) in [6.07, 6.45) is 3.85. The fourth-order valence-corrected chi connectivity index (χ4v) is 1.93. The molecule has 0 unspecified atom stereocenters. The topological polar surface area (TPSA) is 68.3 Å². The van der Waals surface area contributed by atoms with Crippen LogP contribution < -0.4 is 11.1 Å². The number of carbonyl (C=O) groups is 1. The number of nitrogens with two attached hydrogens (primary N) is 1. The van der Waals surface area contributed by atoms with E-state index in [2.05, 4.69) is 5.32 Å². The van der Waals surface area contributed by atoms with E-state index in [0.29, 0.717) is 18.0 Å². The smallest absolute Gasteiger partial charge is 0.233 e. The summed E-state index contributed by atoms with van der Waals surface area (Å²) in [6.45, 7) is 0.552. The average Bonchev–Trinajstić information content (AvgIpc) is 2.92. The summed E-state index contributed by atoms with van der Waals surface area (Å²) in [5, 5.41) is 2.84. The summed E-state index contributed by atoms with van der Waals surface area (Å²) in [6, 6.07) is 3.71. The van der Waals surface area contributed by atoms with Crippen LogP contribution in [0.2, 0.25) is 0 Å². The van der Waals surface area contributed by atoms with Crippen molar-refractivity contribution >= 4 is 23.1 Å². The second-order valence-corrected chi connectivity index (χ2v) is 4.47. The zero-order valence-corrected chi connectivity index (χ0v) is 9.68. The van der Waals surface area contributed by atoms with Gasteiger partial charge in [0.05, 0.1) is 16.7 Å². The number of amides is 1. The maximum absolute atomic E-state index is 11.8. The van der Waals surface area contributed by atoms with Crippen LogP contribution in [0.1, 0.15) is 18.6 Å². The Kier molecular flexibility index (Phi) is 2.96. The normalized spacial score (nSPS) is 16.8. The SMILES string of the molecule is NC(=S)C1(C(=O)NCCc2ccco2)CC1. The summed E-state index contributed by atoms with van der Waals surface area (Å²) < 4.78 is 5.16. The summed E-state index contributed by atoms with van der Waals surface area (Å²) in [5.74, 6) is 0.812. The molecule has 0 aromatic carbocycles. The standard InChI is InChI=1S/C11H14N2O2S/c12-9(16)11(4-5-11)10(14)13-6-3-8-2-1-7-15-8/h1-2,7H,3-6H2,(H2,12,16)(H,13,14). The van der Waals surface area contributed by atoms with Crippen molar-refractivity contribution in [1.82, 2.24) is 5.32 Å². The molecular weight excluding hydrogens is 224 g/mol. The van der Waals surface area contributed by atoms with Crippen LogP contribution in [0.4, 0.5) is 0 Å². The maximum atomic E-state index is 11.8. The van der Waals surface area contributed by atoms with Crippen LogP contribution in [0, 0.1) is 5.41 Å². The Labute approximate surface area is 99.2 Å². The highest BCUT2D eigenvalue weighted by Crippen LogP contribution is 2.46. The molecule has 1 amide bonds. The molecule has 0 saturated heterocycles. The van der Waals surface area contributed by atoms with Gasteiger partial charge in [-0.05, 0) is 25.0 Å². The van der Waals surface area contributed by atoms with Crippen LogP contribution in [-0.2, 0) is 11.2 Å². The quantitative estimate of drug-likeness (QED) is 0.751. The van der Waals surface area contributed by atoms with E-state index in [1.807, 2.05) is 12.1 Å². The van der Waals surface area contributed by atoms with E-state index in [1.165, 1.54) is 0 Å². The third-order valence-electron chi connectivity index (χ3n) is 2.89. The van der Waals surface area contributed by atoms with Gasteiger partial charge >= 0.3 is 0 Å². The van der Waals surface area contributed by atoms with Crippen LogP contribution in [-0.4, -0.2) is 17.4 Å². The minimum Gasteiger partial charge on any atom is -0.469 e. The summed E-state index contributed by atoms with van der Waals surface area (Å²) in [7, 11) is 0.